The van der Waals surface area contributed by atoms with Crippen LogP contribution in [0.4, 0.5) is 18.0 Å². The summed E-state index contributed by atoms with van der Waals surface area (Å²) in [5.74, 6) is 0.500. The lowest BCUT2D eigenvalue weighted by Crippen LogP contribution is -2.29. The first-order chi connectivity index (χ1) is 10.5. The molecular formula is C14H14F3N3O2. The molecule has 118 valence electrons. The molecule has 0 saturated heterocycles. The molecule has 5 nitrogen and oxygen atoms in total. The van der Waals surface area contributed by atoms with E-state index in [1.807, 2.05) is 6.07 Å². The summed E-state index contributed by atoms with van der Waals surface area (Å²) in [4.78, 5) is 15.8. The van der Waals surface area contributed by atoms with Crippen LogP contribution in [0.5, 0.6) is 11.8 Å². The van der Waals surface area contributed by atoms with Crippen molar-refractivity contribution >= 4 is 6.03 Å². The van der Waals surface area contributed by atoms with Crippen LogP contribution in [-0.4, -0.2) is 28.3 Å². The molecule has 2 aromatic rings. The molecule has 1 N–H and O–H groups in total. The van der Waals surface area contributed by atoms with Gasteiger partial charge in [0.1, 0.15) is 5.75 Å². The lowest BCUT2D eigenvalue weighted by molar-refractivity contribution is -0.135. The Bertz CT molecular complexity index is 611. The largest absolute Gasteiger partial charge is 0.425 e. The van der Waals surface area contributed by atoms with Gasteiger partial charge in [0.2, 0.25) is 0 Å². The highest BCUT2D eigenvalue weighted by molar-refractivity contribution is 5.77. The van der Waals surface area contributed by atoms with Crippen molar-refractivity contribution in [3.8, 4) is 11.8 Å². The molecule has 0 aliphatic heterocycles. The Labute approximate surface area is 124 Å². The highest BCUT2D eigenvalue weighted by Gasteiger charge is 2.26. The van der Waals surface area contributed by atoms with E-state index in [0.717, 1.165) is 4.57 Å². The monoisotopic (exact) mass is 313 g/mol. The summed E-state index contributed by atoms with van der Waals surface area (Å²) in [5, 5.41) is 2.39. The molecule has 0 atom stereocenters. The third-order valence-electron chi connectivity index (χ3n) is 2.69. The molecule has 1 aromatic heterocycles. The lowest BCUT2D eigenvalue weighted by Gasteiger charge is -2.10. The van der Waals surface area contributed by atoms with Crippen molar-refractivity contribution in [2.75, 3.05) is 6.54 Å². The van der Waals surface area contributed by atoms with Crippen LogP contribution in [0.25, 0.3) is 0 Å². The molecule has 1 heterocycles. The van der Waals surface area contributed by atoms with E-state index < -0.39 is 18.6 Å². The maximum Gasteiger partial charge on any atom is 0.389 e. The normalized spacial score (nSPS) is 11.2. The van der Waals surface area contributed by atoms with Gasteiger partial charge in [-0.25, -0.2) is 14.3 Å². The van der Waals surface area contributed by atoms with Gasteiger partial charge in [0.25, 0.3) is 0 Å². The van der Waals surface area contributed by atoms with Gasteiger partial charge in [0.15, 0.2) is 0 Å². The van der Waals surface area contributed by atoms with E-state index in [1.165, 1.54) is 12.4 Å². The summed E-state index contributed by atoms with van der Waals surface area (Å²) >= 11 is 0. The number of para-hydroxylation sites is 1. The number of imidazole rings is 1. The quantitative estimate of drug-likeness (QED) is 0.859. The van der Waals surface area contributed by atoms with Crippen molar-refractivity contribution in [1.29, 1.82) is 0 Å². The molecule has 0 saturated carbocycles. The van der Waals surface area contributed by atoms with Crippen LogP contribution >= 0.6 is 0 Å². The first-order valence-corrected chi connectivity index (χ1v) is 6.57. The fourth-order valence-electron chi connectivity index (χ4n) is 1.68. The Morgan fingerprint density at radius 1 is 1.27 bits per heavy atom. The number of carbonyl (C=O) groups excluding carboxylic acids is 1. The predicted octanol–water partition coefficient (Wildman–Crippen LogP) is 3.58. The highest BCUT2D eigenvalue weighted by Crippen LogP contribution is 2.21. The minimum Gasteiger partial charge on any atom is -0.425 e. The van der Waals surface area contributed by atoms with Crippen LogP contribution in [0.1, 0.15) is 12.8 Å². The fourth-order valence-corrected chi connectivity index (χ4v) is 1.68. The summed E-state index contributed by atoms with van der Waals surface area (Å²) in [6.45, 7) is -0.0820. The number of benzene rings is 1. The maximum atomic E-state index is 12.0. The van der Waals surface area contributed by atoms with E-state index in [0.29, 0.717) is 5.75 Å². The van der Waals surface area contributed by atoms with E-state index in [-0.39, 0.29) is 19.0 Å². The zero-order valence-corrected chi connectivity index (χ0v) is 11.5. The van der Waals surface area contributed by atoms with Gasteiger partial charge in [0, 0.05) is 25.4 Å². The number of nitrogens with zero attached hydrogens (tertiary/aromatic N) is 2. The Balaban J connectivity index is 1.90. The summed E-state index contributed by atoms with van der Waals surface area (Å²) < 4.78 is 42.6. The zero-order chi connectivity index (χ0) is 16.0. The third kappa shape index (κ3) is 4.80. The number of halogens is 3. The number of rotatable bonds is 5. The van der Waals surface area contributed by atoms with Gasteiger partial charge in [-0.2, -0.15) is 13.2 Å². The molecule has 0 aliphatic carbocycles. The molecule has 1 aromatic carbocycles. The van der Waals surface area contributed by atoms with Crippen molar-refractivity contribution in [1.82, 2.24) is 14.9 Å². The van der Waals surface area contributed by atoms with Gasteiger partial charge < -0.3 is 10.1 Å². The Morgan fingerprint density at radius 3 is 2.68 bits per heavy atom. The van der Waals surface area contributed by atoms with Crippen LogP contribution in [0.3, 0.4) is 0 Å². The van der Waals surface area contributed by atoms with E-state index >= 15 is 0 Å². The smallest absolute Gasteiger partial charge is 0.389 e. The number of ether oxygens (including phenoxy) is 1. The van der Waals surface area contributed by atoms with E-state index in [1.54, 1.807) is 24.3 Å². The minimum atomic E-state index is -4.22. The molecular weight excluding hydrogens is 299 g/mol. The topological polar surface area (TPSA) is 56.2 Å². The number of hydrogen-bond donors (Lipinski definition) is 1. The summed E-state index contributed by atoms with van der Waals surface area (Å²) in [7, 11) is 0. The van der Waals surface area contributed by atoms with Crippen LogP contribution in [0.15, 0.2) is 42.7 Å². The molecule has 0 fully saturated rings. The van der Waals surface area contributed by atoms with Gasteiger partial charge in [0.05, 0.1) is 0 Å². The van der Waals surface area contributed by atoms with Crippen LogP contribution < -0.4 is 10.1 Å². The van der Waals surface area contributed by atoms with Gasteiger partial charge in [-0.1, -0.05) is 18.2 Å². The Hall–Kier alpha value is -2.51. The van der Waals surface area contributed by atoms with E-state index in [2.05, 4.69) is 10.3 Å². The summed E-state index contributed by atoms with van der Waals surface area (Å²) in [5.41, 5.74) is 0. The first kappa shape index (κ1) is 15.9. The average molecular weight is 313 g/mol. The summed E-state index contributed by atoms with van der Waals surface area (Å²) in [6.07, 6.45) is -2.60. The number of hydrogen-bond acceptors (Lipinski definition) is 3. The molecule has 0 aliphatic rings. The maximum absolute atomic E-state index is 12.0. The second-order valence-corrected chi connectivity index (χ2v) is 4.45. The number of nitrogens with one attached hydrogen (secondary N) is 1. The van der Waals surface area contributed by atoms with E-state index in [9.17, 15) is 18.0 Å². The SMILES string of the molecule is O=C(NCCCC(F)(F)F)n1ccnc1Oc1ccccc1. The average Bonchev–Trinajstić information content (AvgIpc) is 2.92. The molecule has 8 heteroatoms. The van der Waals surface area contributed by atoms with Crippen molar-refractivity contribution in [3.63, 3.8) is 0 Å². The number of alkyl halides is 3. The van der Waals surface area contributed by atoms with Crippen LogP contribution in [0.2, 0.25) is 0 Å². The van der Waals surface area contributed by atoms with Crippen LogP contribution in [-0.2, 0) is 0 Å². The Kier molecular flexibility index (Phi) is 5.03. The molecule has 1 amide bonds. The zero-order valence-electron chi connectivity index (χ0n) is 11.5. The molecule has 0 radical (unpaired) electrons. The second kappa shape index (κ2) is 6.97. The number of carbonyl (C=O) groups is 1. The molecule has 22 heavy (non-hydrogen) atoms. The summed E-state index contributed by atoms with van der Waals surface area (Å²) in [6, 6.07) is 8.18. The molecule has 2 rings (SSSR count). The van der Waals surface area contributed by atoms with E-state index in [4.69, 9.17) is 4.74 Å². The molecule has 0 spiro atoms. The highest BCUT2D eigenvalue weighted by atomic mass is 19.4. The van der Waals surface area contributed by atoms with Crippen LogP contribution in [0, 0.1) is 0 Å². The standard InChI is InChI=1S/C14H14F3N3O2/c15-14(16,17)7-4-8-18-12(21)20-10-9-19-13(20)22-11-5-2-1-3-6-11/h1-3,5-6,9-10H,4,7-8H2,(H,18,21). The third-order valence-corrected chi connectivity index (χ3v) is 2.69. The predicted molar refractivity (Wildman–Crippen MR) is 72.8 cm³/mol. The fraction of sp³-hybridized carbons (Fsp3) is 0.286. The lowest BCUT2D eigenvalue weighted by atomic mass is 10.3. The van der Waals surface area contributed by atoms with Gasteiger partial charge >= 0.3 is 18.2 Å². The van der Waals surface area contributed by atoms with Gasteiger partial charge in [-0.15, -0.1) is 0 Å². The van der Waals surface area contributed by atoms with Crippen molar-refractivity contribution in [2.24, 2.45) is 0 Å². The molecule has 0 bridgehead atoms. The Morgan fingerprint density at radius 2 is 2.00 bits per heavy atom. The minimum absolute atomic E-state index is 0.0412. The molecule has 0 unspecified atom stereocenters. The second-order valence-electron chi connectivity index (χ2n) is 4.45. The van der Waals surface area contributed by atoms with Crippen molar-refractivity contribution in [2.45, 2.75) is 19.0 Å². The number of aromatic nitrogens is 2. The van der Waals surface area contributed by atoms with Crippen molar-refractivity contribution in [3.05, 3.63) is 42.7 Å². The van der Waals surface area contributed by atoms with Crippen molar-refractivity contribution < 1.29 is 22.7 Å². The van der Waals surface area contributed by atoms with Gasteiger partial charge in [-0.05, 0) is 18.6 Å². The number of amides is 1. The van der Waals surface area contributed by atoms with Gasteiger partial charge in [-0.3, -0.25) is 0 Å². The first-order valence-electron chi connectivity index (χ1n) is 6.57.